The van der Waals surface area contributed by atoms with Crippen LogP contribution in [0.5, 0.6) is 0 Å². The molecule has 1 amide bonds. The number of benzene rings is 2. The molecule has 144 valence electrons. The van der Waals surface area contributed by atoms with Crippen LogP contribution in [0.15, 0.2) is 70.7 Å². The minimum atomic E-state index is -3.74. The summed E-state index contributed by atoms with van der Waals surface area (Å²) in [4.78, 5) is 16.5. The molecule has 0 radical (unpaired) electrons. The maximum atomic E-state index is 12.7. The molecule has 3 rings (SSSR count). The number of nitrogens with one attached hydrogen (secondary N) is 1. The van der Waals surface area contributed by atoms with Crippen LogP contribution in [0.25, 0.3) is 0 Å². The zero-order valence-corrected chi connectivity index (χ0v) is 17.0. The Bertz CT molecular complexity index is 1110. The molecule has 0 unspecified atom stereocenters. The van der Waals surface area contributed by atoms with Crippen LogP contribution in [0.1, 0.15) is 27.0 Å². The molecular weight excluding hydrogens is 396 g/mol. The lowest BCUT2D eigenvalue weighted by molar-refractivity contribution is 0.0950. The summed E-state index contributed by atoms with van der Waals surface area (Å²) in [5.74, 6) is -0.336. The quantitative estimate of drug-likeness (QED) is 0.681. The normalized spacial score (nSPS) is 11.2. The van der Waals surface area contributed by atoms with Crippen LogP contribution in [0.2, 0.25) is 5.02 Å². The van der Waals surface area contributed by atoms with Gasteiger partial charge in [-0.25, -0.2) is 13.4 Å². The minimum absolute atomic E-state index is 0.0926. The number of pyridine rings is 1. The minimum Gasteiger partial charge on any atom is -0.348 e. The molecule has 0 fully saturated rings. The molecule has 28 heavy (non-hydrogen) atoms. The molecule has 2 aromatic carbocycles. The number of sulfone groups is 1. The molecule has 1 heterocycles. The standard InChI is InChI=1S/C21H19ClN2O3S/c1-14-3-9-19(11-15(14)2)28(26,27)20-10-6-17(13-23-20)21(25)24-12-16-4-7-18(22)8-5-16/h3-11,13H,12H2,1-2H3,(H,24,25). The van der Waals surface area contributed by atoms with Crippen LogP contribution in [0.3, 0.4) is 0 Å². The van der Waals surface area contributed by atoms with E-state index in [0.29, 0.717) is 11.6 Å². The van der Waals surface area contributed by atoms with Crippen LogP contribution in [0, 0.1) is 13.8 Å². The zero-order valence-electron chi connectivity index (χ0n) is 15.4. The number of hydrogen-bond donors (Lipinski definition) is 1. The summed E-state index contributed by atoms with van der Waals surface area (Å²) >= 11 is 5.84. The van der Waals surface area contributed by atoms with Crippen molar-refractivity contribution in [2.24, 2.45) is 0 Å². The number of aryl methyl sites for hydroxylation is 2. The second-order valence-corrected chi connectivity index (χ2v) is 8.78. The van der Waals surface area contributed by atoms with Crippen molar-refractivity contribution in [3.05, 3.63) is 88.1 Å². The molecule has 7 heteroatoms. The van der Waals surface area contributed by atoms with Crippen LogP contribution in [-0.2, 0) is 16.4 Å². The Morgan fingerprint density at radius 2 is 1.71 bits per heavy atom. The maximum Gasteiger partial charge on any atom is 0.253 e. The monoisotopic (exact) mass is 414 g/mol. The fourth-order valence-corrected chi connectivity index (χ4v) is 3.95. The van der Waals surface area contributed by atoms with Gasteiger partial charge in [0.15, 0.2) is 5.03 Å². The van der Waals surface area contributed by atoms with E-state index in [1.54, 1.807) is 30.3 Å². The van der Waals surface area contributed by atoms with Gasteiger partial charge in [-0.15, -0.1) is 0 Å². The van der Waals surface area contributed by atoms with Gasteiger partial charge in [-0.3, -0.25) is 4.79 Å². The number of hydrogen-bond acceptors (Lipinski definition) is 4. The second kappa shape index (κ2) is 8.12. The number of carbonyl (C=O) groups excluding carboxylic acids is 1. The third kappa shape index (κ3) is 4.40. The Balaban J connectivity index is 1.74. The average Bonchev–Trinajstić information content (AvgIpc) is 2.69. The van der Waals surface area contributed by atoms with Crippen molar-refractivity contribution >= 4 is 27.3 Å². The van der Waals surface area contributed by atoms with Crippen LogP contribution in [-0.4, -0.2) is 19.3 Å². The Labute approximate surface area is 169 Å². The van der Waals surface area contributed by atoms with Gasteiger partial charge in [0.1, 0.15) is 0 Å². The molecule has 0 spiro atoms. The first kappa shape index (κ1) is 20.0. The molecule has 0 saturated carbocycles. The smallest absolute Gasteiger partial charge is 0.253 e. The molecule has 5 nitrogen and oxygen atoms in total. The number of amides is 1. The van der Waals surface area contributed by atoms with Gasteiger partial charge in [0.05, 0.1) is 10.5 Å². The number of halogens is 1. The fraction of sp³-hybridized carbons (Fsp3) is 0.143. The number of aromatic nitrogens is 1. The highest BCUT2D eigenvalue weighted by Crippen LogP contribution is 2.21. The number of nitrogens with zero attached hydrogens (tertiary/aromatic N) is 1. The maximum absolute atomic E-state index is 12.7. The van der Waals surface area contributed by atoms with Gasteiger partial charge in [-0.05, 0) is 66.9 Å². The molecule has 1 N–H and O–H groups in total. The predicted molar refractivity (Wildman–Crippen MR) is 108 cm³/mol. The van der Waals surface area contributed by atoms with E-state index >= 15 is 0 Å². The van der Waals surface area contributed by atoms with E-state index in [-0.39, 0.29) is 21.4 Å². The summed E-state index contributed by atoms with van der Waals surface area (Å²) in [5.41, 5.74) is 3.09. The lowest BCUT2D eigenvalue weighted by atomic mass is 10.1. The van der Waals surface area contributed by atoms with Crippen molar-refractivity contribution in [1.82, 2.24) is 10.3 Å². The third-order valence-electron chi connectivity index (χ3n) is 4.43. The Hall–Kier alpha value is -2.70. The van der Waals surface area contributed by atoms with Gasteiger partial charge < -0.3 is 5.32 Å². The summed E-state index contributed by atoms with van der Waals surface area (Å²) in [6, 6.07) is 14.9. The fourth-order valence-electron chi connectivity index (χ4n) is 2.56. The predicted octanol–water partition coefficient (Wildman–Crippen LogP) is 4.11. The van der Waals surface area contributed by atoms with E-state index in [0.717, 1.165) is 16.7 Å². The summed E-state index contributed by atoms with van der Waals surface area (Å²) in [6.07, 6.45) is 1.27. The van der Waals surface area contributed by atoms with Gasteiger partial charge in [-0.1, -0.05) is 29.8 Å². The summed E-state index contributed by atoms with van der Waals surface area (Å²) in [5, 5.41) is 3.30. The van der Waals surface area contributed by atoms with Crippen molar-refractivity contribution in [2.75, 3.05) is 0 Å². The van der Waals surface area contributed by atoms with Crippen LogP contribution < -0.4 is 5.32 Å². The molecular formula is C21H19ClN2O3S. The van der Waals surface area contributed by atoms with Gasteiger partial charge in [0, 0.05) is 17.8 Å². The summed E-state index contributed by atoms with van der Waals surface area (Å²) < 4.78 is 25.5. The van der Waals surface area contributed by atoms with Gasteiger partial charge in [-0.2, -0.15) is 0 Å². The van der Waals surface area contributed by atoms with Gasteiger partial charge in [0.2, 0.25) is 9.84 Å². The molecule has 1 aromatic heterocycles. The first-order valence-corrected chi connectivity index (χ1v) is 10.4. The van der Waals surface area contributed by atoms with Gasteiger partial charge in [0.25, 0.3) is 5.91 Å². The summed E-state index contributed by atoms with van der Waals surface area (Å²) in [7, 11) is -3.74. The highest BCUT2D eigenvalue weighted by Gasteiger charge is 2.20. The highest BCUT2D eigenvalue weighted by molar-refractivity contribution is 7.91. The van der Waals surface area contributed by atoms with E-state index in [4.69, 9.17) is 11.6 Å². The SMILES string of the molecule is Cc1ccc(S(=O)(=O)c2ccc(C(=O)NCc3ccc(Cl)cc3)cn2)cc1C. The highest BCUT2D eigenvalue weighted by atomic mass is 35.5. The molecule has 3 aromatic rings. The molecule has 0 atom stereocenters. The first-order valence-electron chi connectivity index (χ1n) is 8.58. The van der Waals surface area contributed by atoms with Gasteiger partial charge >= 0.3 is 0 Å². The topological polar surface area (TPSA) is 76.1 Å². The van der Waals surface area contributed by atoms with Crippen molar-refractivity contribution in [3.8, 4) is 0 Å². The largest absolute Gasteiger partial charge is 0.348 e. The van der Waals surface area contributed by atoms with Crippen LogP contribution in [0.4, 0.5) is 0 Å². The van der Waals surface area contributed by atoms with Crippen LogP contribution >= 0.6 is 11.6 Å². The Morgan fingerprint density at radius 3 is 2.32 bits per heavy atom. The first-order chi connectivity index (χ1) is 13.3. The zero-order chi connectivity index (χ0) is 20.3. The molecule has 0 aliphatic carbocycles. The van der Waals surface area contributed by atoms with E-state index < -0.39 is 9.84 Å². The van der Waals surface area contributed by atoms with Crippen molar-refractivity contribution < 1.29 is 13.2 Å². The van der Waals surface area contributed by atoms with Crippen molar-refractivity contribution in [1.29, 1.82) is 0 Å². The van der Waals surface area contributed by atoms with Crippen molar-refractivity contribution in [3.63, 3.8) is 0 Å². The molecule has 0 aliphatic heterocycles. The number of rotatable bonds is 5. The van der Waals surface area contributed by atoms with E-state index in [9.17, 15) is 13.2 Å². The Kier molecular flexibility index (Phi) is 5.82. The Morgan fingerprint density at radius 1 is 1.00 bits per heavy atom. The lowest BCUT2D eigenvalue weighted by Crippen LogP contribution is -2.23. The molecule has 0 bridgehead atoms. The molecule has 0 aliphatic rings. The van der Waals surface area contributed by atoms with E-state index in [1.807, 2.05) is 26.0 Å². The number of carbonyl (C=O) groups is 1. The van der Waals surface area contributed by atoms with Crippen molar-refractivity contribution in [2.45, 2.75) is 30.3 Å². The lowest BCUT2D eigenvalue weighted by Gasteiger charge is -2.08. The van der Waals surface area contributed by atoms with E-state index in [2.05, 4.69) is 10.3 Å². The average molecular weight is 415 g/mol. The summed E-state index contributed by atoms with van der Waals surface area (Å²) in [6.45, 7) is 4.11. The molecule has 0 saturated heterocycles. The third-order valence-corrected chi connectivity index (χ3v) is 6.35. The van der Waals surface area contributed by atoms with E-state index in [1.165, 1.54) is 18.3 Å². The second-order valence-electron chi connectivity index (χ2n) is 6.44.